The van der Waals surface area contributed by atoms with Gasteiger partial charge in [-0.05, 0) is 29.8 Å². The van der Waals surface area contributed by atoms with Crippen LogP contribution in [-0.4, -0.2) is 17.9 Å². The molecule has 0 aliphatic heterocycles. The molecule has 2 aromatic rings. The van der Waals surface area contributed by atoms with Crippen molar-refractivity contribution in [2.45, 2.75) is 6.54 Å². The fourth-order valence-corrected chi connectivity index (χ4v) is 1.83. The quantitative estimate of drug-likeness (QED) is 0.843. The van der Waals surface area contributed by atoms with Crippen molar-refractivity contribution in [3.05, 3.63) is 71.0 Å². The van der Waals surface area contributed by atoms with Crippen molar-refractivity contribution in [2.24, 2.45) is 0 Å². The Morgan fingerprint density at radius 1 is 1.00 bits per heavy atom. The van der Waals surface area contributed by atoms with E-state index in [1.54, 1.807) is 0 Å². The second-order valence-electron chi connectivity index (χ2n) is 4.38. The summed E-state index contributed by atoms with van der Waals surface area (Å²) in [5, 5.41) is 0. The number of hydrogen-bond donors (Lipinski definition) is 0. The van der Waals surface area contributed by atoms with Crippen LogP contribution in [0.4, 0.5) is 13.2 Å². The summed E-state index contributed by atoms with van der Waals surface area (Å²) >= 11 is 0. The SMILES string of the molecule is CN(Cc1ccc(F)cc1)C(=O)c1c(F)cccc1F. The van der Waals surface area contributed by atoms with Gasteiger partial charge in [-0.25, -0.2) is 13.2 Å². The van der Waals surface area contributed by atoms with Crippen molar-refractivity contribution in [1.82, 2.24) is 4.90 Å². The van der Waals surface area contributed by atoms with E-state index in [9.17, 15) is 18.0 Å². The van der Waals surface area contributed by atoms with Gasteiger partial charge in [0, 0.05) is 13.6 Å². The van der Waals surface area contributed by atoms with Gasteiger partial charge in [-0.2, -0.15) is 0 Å². The third-order valence-electron chi connectivity index (χ3n) is 2.86. The fraction of sp³-hybridized carbons (Fsp3) is 0.133. The Morgan fingerprint density at radius 2 is 1.55 bits per heavy atom. The summed E-state index contributed by atoms with van der Waals surface area (Å²) in [5.74, 6) is -2.95. The monoisotopic (exact) mass is 279 g/mol. The van der Waals surface area contributed by atoms with Crippen LogP contribution in [0, 0.1) is 17.5 Å². The van der Waals surface area contributed by atoms with Gasteiger partial charge in [0.15, 0.2) is 0 Å². The van der Waals surface area contributed by atoms with Gasteiger partial charge < -0.3 is 4.90 Å². The lowest BCUT2D eigenvalue weighted by molar-refractivity contribution is 0.0775. The number of rotatable bonds is 3. The van der Waals surface area contributed by atoms with E-state index in [0.717, 1.165) is 12.1 Å². The zero-order valence-corrected chi connectivity index (χ0v) is 10.7. The molecule has 0 fully saturated rings. The number of halogens is 3. The van der Waals surface area contributed by atoms with E-state index in [2.05, 4.69) is 0 Å². The molecule has 20 heavy (non-hydrogen) atoms. The van der Waals surface area contributed by atoms with Crippen LogP contribution in [0.3, 0.4) is 0 Å². The lowest BCUT2D eigenvalue weighted by Crippen LogP contribution is -2.28. The van der Waals surface area contributed by atoms with Gasteiger partial charge in [0.25, 0.3) is 5.91 Å². The average Bonchev–Trinajstić information content (AvgIpc) is 2.41. The highest BCUT2D eigenvalue weighted by Crippen LogP contribution is 2.15. The molecule has 0 aromatic heterocycles. The highest BCUT2D eigenvalue weighted by molar-refractivity contribution is 5.94. The van der Waals surface area contributed by atoms with E-state index in [4.69, 9.17) is 0 Å². The third-order valence-corrected chi connectivity index (χ3v) is 2.86. The molecule has 2 nitrogen and oxygen atoms in total. The molecule has 0 unspecified atom stereocenters. The number of carbonyl (C=O) groups is 1. The van der Waals surface area contributed by atoms with Crippen LogP contribution in [-0.2, 0) is 6.54 Å². The van der Waals surface area contributed by atoms with Crippen LogP contribution in [0.1, 0.15) is 15.9 Å². The Bertz CT molecular complexity index is 605. The fourth-order valence-electron chi connectivity index (χ4n) is 1.83. The van der Waals surface area contributed by atoms with Crippen LogP contribution in [0.2, 0.25) is 0 Å². The van der Waals surface area contributed by atoms with Gasteiger partial charge in [-0.15, -0.1) is 0 Å². The van der Waals surface area contributed by atoms with Crippen molar-refractivity contribution >= 4 is 5.91 Å². The second-order valence-corrected chi connectivity index (χ2v) is 4.38. The summed E-state index contributed by atoms with van der Waals surface area (Å²) in [5.41, 5.74) is 0.0797. The Balaban J connectivity index is 2.18. The minimum Gasteiger partial charge on any atom is -0.337 e. The van der Waals surface area contributed by atoms with Crippen LogP contribution >= 0.6 is 0 Å². The van der Waals surface area contributed by atoms with Crippen molar-refractivity contribution < 1.29 is 18.0 Å². The first kappa shape index (κ1) is 14.1. The summed E-state index contributed by atoms with van der Waals surface area (Å²) in [6.07, 6.45) is 0. The lowest BCUT2D eigenvalue weighted by atomic mass is 10.1. The number of benzene rings is 2. The molecule has 0 saturated heterocycles. The molecule has 0 N–H and O–H groups in total. The molecule has 5 heteroatoms. The first-order chi connectivity index (χ1) is 9.49. The van der Waals surface area contributed by atoms with Crippen molar-refractivity contribution in [3.63, 3.8) is 0 Å². The molecule has 2 rings (SSSR count). The van der Waals surface area contributed by atoms with Gasteiger partial charge in [0.1, 0.15) is 23.0 Å². The van der Waals surface area contributed by atoms with Crippen molar-refractivity contribution in [3.8, 4) is 0 Å². The summed E-state index contributed by atoms with van der Waals surface area (Å²) < 4.78 is 39.8. The molecule has 0 aliphatic carbocycles. The molecule has 0 spiro atoms. The maximum Gasteiger partial charge on any atom is 0.259 e. The third kappa shape index (κ3) is 2.99. The van der Waals surface area contributed by atoms with Gasteiger partial charge in [-0.1, -0.05) is 18.2 Å². The summed E-state index contributed by atoms with van der Waals surface area (Å²) in [6, 6.07) is 8.80. The van der Waals surface area contributed by atoms with Crippen LogP contribution < -0.4 is 0 Å². The Morgan fingerprint density at radius 3 is 2.10 bits per heavy atom. The zero-order valence-electron chi connectivity index (χ0n) is 10.7. The standard InChI is InChI=1S/C15H12F3NO/c1-19(9-10-5-7-11(16)8-6-10)15(20)14-12(17)3-2-4-13(14)18/h2-8H,9H2,1H3. The van der Waals surface area contributed by atoms with Gasteiger partial charge in [0.2, 0.25) is 0 Å². The maximum atomic E-state index is 13.5. The molecule has 0 aliphatic rings. The van der Waals surface area contributed by atoms with E-state index in [-0.39, 0.29) is 12.4 Å². The minimum atomic E-state index is -0.902. The normalized spacial score (nSPS) is 10.4. The Kier molecular flexibility index (Phi) is 4.08. The summed E-state index contributed by atoms with van der Waals surface area (Å²) in [4.78, 5) is 13.2. The minimum absolute atomic E-state index is 0.132. The molecule has 2 aromatic carbocycles. The summed E-state index contributed by atoms with van der Waals surface area (Å²) in [6.45, 7) is 0.132. The lowest BCUT2D eigenvalue weighted by Gasteiger charge is -2.18. The Labute approximate surface area is 114 Å². The maximum absolute atomic E-state index is 13.5. The van der Waals surface area contributed by atoms with Gasteiger partial charge in [-0.3, -0.25) is 4.79 Å². The smallest absolute Gasteiger partial charge is 0.259 e. The first-order valence-corrected chi connectivity index (χ1v) is 5.93. The largest absolute Gasteiger partial charge is 0.337 e. The van der Waals surface area contributed by atoms with Crippen molar-refractivity contribution in [2.75, 3.05) is 7.05 Å². The molecule has 0 atom stereocenters. The van der Waals surface area contributed by atoms with E-state index >= 15 is 0 Å². The molecule has 0 heterocycles. The molecule has 0 bridgehead atoms. The first-order valence-electron chi connectivity index (χ1n) is 5.93. The van der Waals surface area contributed by atoms with E-state index in [1.165, 1.54) is 42.3 Å². The molecular formula is C15H12F3NO. The number of hydrogen-bond acceptors (Lipinski definition) is 1. The van der Waals surface area contributed by atoms with E-state index in [1.807, 2.05) is 0 Å². The predicted molar refractivity (Wildman–Crippen MR) is 68.6 cm³/mol. The number of carbonyl (C=O) groups excluding carboxylic acids is 1. The topological polar surface area (TPSA) is 20.3 Å². The van der Waals surface area contributed by atoms with Crippen molar-refractivity contribution in [1.29, 1.82) is 0 Å². The summed E-state index contributed by atoms with van der Waals surface area (Å²) in [7, 11) is 1.43. The van der Waals surface area contributed by atoms with Gasteiger partial charge in [0.05, 0.1) is 0 Å². The van der Waals surface area contributed by atoms with Crippen LogP contribution in [0.15, 0.2) is 42.5 Å². The molecule has 0 saturated carbocycles. The Hall–Kier alpha value is -2.30. The van der Waals surface area contributed by atoms with E-state index < -0.39 is 23.1 Å². The zero-order chi connectivity index (χ0) is 14.7. The predicted octanol–water partition coefficient (Wildman–Crippen LogP) is 3.38. The van der Waals surface area contributed by atoms with Crippen LogP contribution in [0.25, 0.3) is 0 Å². The van der Waals surface area contributed by atoms with Crippen LogP contribution in [0.5, 0.6) is 0 Å². The van der Waals surface area contributed by atoms with E-state index in [0.29, 0.717) is 5.56 Å². The molecule has 1 amide bonds. The van der Waals surface area contributed by atoms with Gasteiger partial charge >= 0.3 is 0 Å². The molecular weight excluding hydrogens is 267 g/mol. The number of nitrogens with zero attached hydrogens (tertiary/aromatic N) is 1. The highest BCUT2D eigenvalue weighted by Gasteiger charge is 2.20. The average molecular weight is 279 g/mol. The highest BCUT2D eigenvalue weighted by atomic mass is 19.1. The number of amides is 1. The molecule has 0 radical (unpaired) electrons. The second kappa shape index (κ2) is 5.77. The molecule has 104 valence electrons.